The van der Waals surface area contributed by atoms with E-state index >= 15 is 0 Å². The highest BCUT2D eigenvalue weighted by Crippen LogP contribution is 2.21. The Bertz CT molecular complexity index is 207. The van der Waals surface area contributed by atoms with Gasteiger partial charge in [-0.1, -0.05) is 58.3 Å². The maximum Gasteiger partial charge on any atom is 0.303 e. The Hall–Kier alpha value is -0.570. The molecule has 0 bridgehead atoms. The van der Waals surface area contributed by atoms with Crippen molar-refractivity contribution in [3.8, 4) is 0 Å². The number of carboxylic acids is 1. The van der Waals surface area contributed by atoms with Gasteiger partial charge in [0.1, 0.15) is 0 Å². The van der Waals surface area contributed by atoms with Gasteiger partial charge < -0.3 is 10.8 Å². The molecule has 0 aromatic carbocycles. The molecule has 0 aromatic heterocycles. The Morgan fingerprint density at radius 1 is 0.947 bits per heavy atom. The number of hydrogen-bond acceptors (Lipinski definition) is 2. The molecule has 0 aliphatic rings. The van der Waals surface area contributed by atoms with Crippen LogP contribution in [0.25, 0.3) is 0 Å². The second-order valence-corrected chi connectivity index (χ2v) is 5.66. The third-order valence-electron chi connectivity index (χ3n) is 3.75. The molecular formula is C16H33NO2. The normalized spacial score (nSPS) is 12.5. The van der Waals surface area contributed by atoms with Crippen LogP contribution in [0.5, 0.6) is 0 Å². The van der Waals surface area contributed by atoms with Gasteiger partial charge in [0.25, 0.3) is 0 Å². The third-order valence-corrected chi connectivity index (χ3v) is 3.75. The van der Waals surface area contributed by atoms with Crippen LogP contribution in [-0.2, 0) is 4.79 Å². The summed E-state index contributed by atoms with van der Waals surface area (Å²) < 4.78 is 0. The molecule has 114 valence electrons. The first kappa shape index (κ1) is 18.4. The van der Waals surface area contributed by atoms with E-state index in [4.69, 9.17) is 10.8 Å². The number of unbranched alkanes of at least 4 members (excludes halogenated alkanes) is 7. The second kappa shape index (κ2) is 13.9. The summed E-state index contributed by atoms with van der Waals surface area (Å²) in [7, 11) is 0. The van der Waals surface area contributed by atoms with Gasteiger partial charge in [-0.3, -0.25) is 4.79 Å². The van der Waals surface area contributed by atoms with Crippen molar-refractivity contribution in [1.82, 2.24) is 0 Å². The average molecular weight is 271 g/mol. The molecule has 19 heavy (non-hydrogen) atoms. The zero-order valence-corrected chi connectivity index (χ0v) is 12.7. The van der Waals surface area contributed by atoms with E-state index in [1.165, 1.54) is 44.9 Å². The summed E-state index contributed by atoms with van der Waals surface area (Å²) in [5.41, 5.74) is 5.48. The number of rotatable bonds is 14. The van der Waals surface area contributed by atoms with E-state index in [1.54, 1.807) is 0 Å². The fraction of sp³-hybridized carbons (Fsp3) is 0.938. The molecule has 3 nitrogen and oxygen atoms in total. The fourth-order valence-electron chi connectivity index (χ4n) is 2.56. The van der Waals surface area contributed by atoms with Gasteiger partial charge in [0.2, 0.25) is 0 Å². The monoisotopic (exact) mass is 271 g/mol. The summed E-state index contributed by atoms with van der Waals surface area (Å²) in [6.07, 6.45) is 13.6. The summed E-state index contributed by atoms with van der Waals surface area (Å²) in [6, 6.07) is 0. The average Bonchev–Trinajstić information content (AvgIpc) is 2.37. The summed E-state index contributed by atoms with van der Waals surface area (Å²) in [6.45, 7) is 2.95. The van der Waals surface area contributed by atoms with Crippen LogP contribution in [0.15, 0.2) is 0 Å². The molecule has 0 rings (SSSR count). The number of nitrogens with two attached hydrogens (primary N) is 1. The van der Waals surface area contributed by atoms with Crippen molar-refractivity contribution in [3.63, 3.8) is 0 Å². The lowest BCUT2D eigenvalue weighted by atomic mass is 9.92. The van der Waals surface area contributed by atoms with Gasteiger partial charge in [-0.25, -0.2) is 0 Å². The minimum Gasteiger partial charge on any atom is -0.481 e. The number of carboxylic acid groups (broad SMARTS) is 1. The SMILES string of the molecule is CCCCCCCCCC(CCCCN)CC(=O)O. The Kier molecular flexibility index (Phi) is 13.4. The van der Waals surface area contributed by atoms with Crippen molar-refractivity contribution in [2.75, 3.05) is 6.54 Å². The van der Waals surface area contributed by atoms with Crippen molar-refractivity contribution in [2.45, 2.75) is 84.0 Å². The lowest BCUT2D eigenvalue weighted by molar-refractivity contribution is -0.138. The van der Waals surface area contributed by atoms with Gasteiger partial charge in [-0.15, -0.1) is 0 Å². The highest BCUT2D eigenvalue weighted by molar-refractivity contribution is 5.66. The van der Waals surface area contributed by atoms with Crippen LogP contribution >= 0.6 is 0 Å². The fourth-order valence-corrected chi connectivity index (χ4v) is 2.56. The minimum atomic E-state index is -0.652. The van der Waals surface area contributed by atoms with E-state index in [2.05, 4.69) is 6.92 Å². The molecule has 1 unspecified atom stereocenters. The molecule has 0 fully saturated rings. The van der Waals surface area contributed by atoms with Crippen LogP contribution in [0.4, 0.5) is 0 Å². The van der Waals surface area contributed by atoms with E-state index in [0.29, 0.717) is 12.3 Å². The Labute approximate surface area is 119 Å². The zero-order valence-electron chi connectivity index (χ0n) is 12.7. The van der Waals surface area contributed by atoms with Crippen molar-refractivity contribution in [3.05, 3.63) is 0 Å². The number of hydrogen-bond donors (Lipinski definition) is 2. The van der Waals surface area contributed by atoms with E-state index in [0.717, 1.165) is 32.2 Å². The lowest BCUT2D eigenvalue weighted by Crippen LogP contribution is -2.09. The van der Waals surface area contributed by atoms with Crippen LogP contribution in [-0.4, -0.2) is 17.6 Å². The predicted octanol–water partition coefficient (Wildman–Crippen LogP) is 4.35. The standard InChI is InChI=1S/C16H33NO2/c1-2-3-4-5-6-7-8-11-15(14-16(18)19)12-9-10-13-17/h15H,2-14,17H2,1H3,(H,18,19). The topological polar surface area (TPSA) is 63.3 Å². The van der Waals surface area contributed by atoms with Crippen molar-refractivity contribution in [1.29, 1.82) is 0 Å². The third kappa shape index (κ3) is 13.7. The maximum atomic E-state index is 10.8. The largest absolute Gasteiger partial charge is 0.481 e. The Morgan fingerprint density at radius 2 is 1.47 bits per heavy atom. The molecule has 0 heterocycles. The first-order chi connectivity index (χ1) is 9.20. The van der Waals surface area contributed by atoms with Gasteiger partial charge in [-0.05, 0) is 31.7 Å². The highest BCUT2D eigenvalue weighted by Gasteiger charge is 2.12. The molecule has 3 N–H and O–H groups in total. The lowest BCUT2D eigenvalue weighted by Gasteiger charge is -2.14. The second-order valence-electron chi connectivity index (χ2n) is 5.66. The van der Waals surface area contributed by atoms with E-state index < -0.39 is 5.97 Å². The number of carbonyl (C=O) groups is 1. The van der Waals surface area contributed by atoms with Crippen LogP contribution in [0.3, 0.4) is 0 Å². The first-order valence-corrected chi connectivity index (χ1v) is 8.12. The summed E-state index contributed by atoms with van der Waals surface area (Å²) in [5.74, 6) is -0.291. The molecule has 0 aliphatic heterocycles. The molecule has 1 atom stereocenters. The molecule has 0 amide bonds. The highest BCUT2D eigenvalue weighted by atomic mass is 16.4. The van der Waals surface area contributed by atoms with Crippen molar-refractivity contribution < 1.29 is 9.90 Å². The summed E-state index contributed by atoms with van der Waals surface area (Å²) in [5, 5.41) is 8.92. The zero-order chi connectivity index (χ0) is 14.3. The minimum absolute atomic E-state index is 0.334. The predicted molar refractivity (Wildman–Crippen MR) is 81.3 cm³/mol. The first-order valence-electron chi connectivity index (χ1n) is 8.12. The molecule has 0 radical (unpaired) electrons. The van der Waals surface area contributed by atoms with Gasteiger partial charge >= 0.3 is 5.97 Å². The van der Waals surface area contributed by atoms with E-state index in [9.17, 15) is 4.79 Å². The van der Waals surface area contributed by atoms with Crippen molar-refractivity contribution in [2.24, 2.45) is 11.7 Å². The molecular weight excluding hydrogens is 238 g/mol. The Morgan fingerprint density at radius 3 is 2.00 bits per heavy atom. The van der Waals surface area contributed by atoms with Gasteiger partial charge in [0, 0.05) is 6.42 Å². The maximum absolute atomic E-state index is 10.8. The summed E-state index contributed by atoms with van der Waals surface area (Å²) in [4.78, 5) is 10.8. The molecule has 0 spiro atoms. The van der Waals surface area contributed by atoms with Crippen LogP contribution < -0.4 is 5.73 Å². The Balaban J connectivity index is 3.58. The van der Waals surface area contributed by atoms with Crippen LogP contribution in [0.2, 0.25) is 0 Å². The molecule has 3 heteroatoms. The quantitative estimate of drug-likeness (QED) is 0.462. The smallest absolute Gasteiger partial charge is 0.303 e. The van der Waals surface area contributed by atoms with Crippen LogP contribution in [0, 0.1) is 5.92 Å². The summed E-state index contributed by atoms with van der Waals surface area (Å²) >= 11 is 0. The molecule has 0 saturated heterocycles. The molecule has 0 aromatic rings. The van der Waals surface area contributed by atoms with Gasteiger partial charge in [-0.2, -0.15) is 0 Å². The number of aliphatic carboxylic acids is 1. The van der Waals surface area contributed by atoms with E-state index in [1.807, 2.05) is 0 Å². The van der Waals surface area contributed by atoms with Crippen molar-refractivity contribution >= 4 is 5.97 Å². The van der Waals surface area contributed by atoms with Gasteiger partial charge in [0.15, 0.2) is 0 Å². The van der Waals surface area contributed by atoms with Gasteiger partial charge in [0.05, 0.1) is 0 Å². The van der Waals surface area contributed by atoms with E-state index in [-0.39, 0.29) is 0 Å². The van der Waals surface area contributed by atoms with Crippen LogP contribution in [0.1, 0.15) is 84.0 Å². The molecule has 0 aliphatic carbocycles. The molecule has 0 saturated carbocycles.